The first kappa shape index (κ1) is 25.7. The number of halogens is 2. The minimum atomic E-state index is -1.85. The van der Waals surface area contributed by atoms with Crippen molar-refractivity contribution in [2.75, 3.05) is 0 Å². The maximum absolute atomic E-state index is 2.56. The molecule has 1 fully saturated rings. The van der Waals surface area contributed by atoms with Crippen LogP contribution in [-0.2, 0) is 20.4 Å². The molecule has 1 aliphatic heterocycles. The van der Waals surface area contributed by atoms with Crippen LogP contribution < -0.4 is 24.8 Å². The van der Waals surface area contributed by atoms with Gasteiger partial charge in [0.05, 0.1) is 0 Å². The Morgan fingerprint density at radius 3 is 1.58 bits per heavy atom. The van der Waals surface area contributed by atoms with E-state index >= 15 is 0 Å². The van der Waals surface area contributed by atoms with Gasteiger partial charge in [0.2, 0.25) is 0 Å². The van der Waals surface area contributed by atoms with Crippen LogP contribution >= 0.6 is 0 Å². The molecule has 1 heterocycles. The van der Waals surface area contributed by atoms with Crippen molar-refractivity contribution in [3.05, 3.63) is 130 Å². The Labute approximate surface area is 234 Å². The van der Waals surface area contributed by atoms with Crippen molar-refractivity contribution < 1.29 is 45.2 Å². The van der Waals surface area contributed by atoms with E-state index in [0.29, 0.717) is 3.63 Å². The van der Waals surface area contributed by atoms with Gasteiger partial charge in [0.15, 0.2) is 0 Å². The largest absolute Gasteiger partial charge is 1.00 e. The molecule has 2 aliphatic carbocycles. The molecule has 0 atom stereocenters. The maximum Gasteiger partial charge on any atom is -1.00 e. The molecule has 0 N–H and O–H groups in total. The number of allylic oxidation sites excluding steroid dienone is 4. The number of benzene rings is 4. The van der Waals surface area contributed by atoms with Gasteiger partial charge in [0, 0.05) is 0 Å². The van der Waals surface area contributed by atoms with Crippen LogP contribution in [0.15, 0.2) is 119 Å². The summed E-state index contributed by atoms with van der Waals surface area (Å²) in [6, 6.07) is 39.6. The Balaban J connectivity index is 0.00000133. The number of hydrogen-bond acceptors (Lipinski definition) is 0. The van der Waals surface area contributed by atoms with Gasteiger partial charge < -0.3 is 24.8 Å². The van der Waals surface area contributed by atoms with Crippen molar-refractivity contribution in [1.82, 2.24) is 0 Å². The zero-order valence-corrected chi connectivity index (χ0v) is 24.9. The molecule has 36 heavy (non-hydrogen) atoms. The Kier molecular flexibility index (Phi) is 7.70. The smallest absolute Gasteiger partial charge is 1.00 e. The first-order chi connectivity index (χ1) is 16.9. The number of hydrogen-bond donors (Lipinski definition) is 0. The van der Waals surface area contributed by atoms with Crippen molar-refractivity contribution in [3.8, 4) is 33.4 Å². The van der Waals surface area contributed by atoms with Crippen LogP contribution in [0.1, 0.15) is 21.2 Å². The van der Waals surface area contributed by atoms with Gasteiger partial charge in [0.25, 0.3) is 0 Å². The van der Waals surface area contributed by atoms with Gasteiger partial charge in [-0.2, -0.15) is 0 Å². The first-order valence-electron chi connectivity index (χ1n) is 12.3. The van der Waals surface area contributed by atoms with Crippen LogP contribution in [0.25, 0.3) is 33.4 Å². The molecule has 4 aromatic rings. The van der Waals surface area contributed by atoms with Crippen LogP contribution in [0.2, 0.25) is 12.1 Å². The first-order valence-corrected chi connectivity index (χ1v) is 20.6. The van der Waals surface area contributed by atoms with E-state index in [-0.39, 0.29) is 30.2 Å². The molecule has 0 amide bonds. The second-order valence-electron chi connectivity index (χ2n) is 9.61. The summed E-state index contributed by atoms with van der Waals surface area (Å²) < 4.78 is 2.54. The summed E-state index contributed by atoms with van der Waals surface area (Å²) in [6.07, 6.45) is 8.47. The standard InChI is InChI=1S/C25H17.C5H5.C2H4Si.2ClH.Zr/c1-3-7-18(8-4-1)20-11-13-24-22(15-20)17-23-16-21(12-14-25(23)24)19-9-5-2-6-10-19;1-2-4-5-3-1;1-2-3-1;;;/h1-17H;1-3H,4H2;1-2H2;2*1H;/q;;;;;+2/p-2. The monoisotopic (exact) mass is 598 g/mol. The summed E-state index contributed by atoms with van der Waals surface area (Å²) in [5.41, 5.74) is 11.5. The molecule has 0 saturated carbocycles. The number of rotatable bonds is 4. The molecule has 0 radical (unpaired) electrons. The molecule has 4 heteroatoms. The van der Waals surface area contributed by atoms with Crippen molar-refractivity contribution in [2.45, 2.75) is 22.1 Å². The minimum Gasteiger partial charge on any atom is -1.00 e. The molecule has 0 bridgehead atoms. The molecule has 3 aliphatic rings. The van der Waals surface area contributed by atoms with E-state index < -0.39 is 20.4 Å². The summed E-state index contributed by atoms with van der Waals surface area (Å²) in [7, 11) is 0. The Morgan fingerprint density at radius 1 is 0.611 bits per heavy atom. The van der Waals surface area contributed by atoms with Crippen molar-refractivity contribution in [2.24, 2.45) is 0 Å². The van der Waals surface area contributed by atoms with Crippen LogP contribution in [0, 0.1) is 0 Å². The van der Waals surface area contributed by atoms with Crippen molar-refractivity contribution in [3.63, 3.8) is 0 Å². The Bertz CT molecular complexity index is 1430. The van der Waals surface area contributed by atoms with E-state index in [2.05, 4.69) is 115 Å². The zero-order valence-electron chi connectivity index (χ0n) is 19.9. The molecule has 4 aromatic carbocycles. The molecule has 0 nitrogen and oxygen atoms in total. The van der Waals surface area contributed by atoms with Crippen LogP contribution in [0.4, 0.5) is 0 Å². The topological polar surface area (TPSA) is 0 Å². The van der Waals surface area contributed by atoms with E-state index in [1.54, 1.807) is 23.2 Å². The van der Waals surface area contributed by atoms with Gasteiger partial charge >= 0.3 is 211 Å². The third-order valence-corrected chi connectivity index (χ3v) is 27.8. The summed E-state index contributed by atoms with van der Waals surface area (Å²) >= 11 is -1.85. The maximum atomic E-state index is 2.56. The fourth-order valence-corrected chi connectivity index (χ4v) is 28.8. The van der Waals surface area contributed by atoms with Gasteiger partial charge in [-0.3, -0.25) is 0 Å². The predicted octanol–water partition coefficient (Wildman–Crippen LogP) is 2.57. The summed E-state index contributed by atoms with van der Waals surface area (Å²) in [4.78, 5) is 0. The molecular weight excluding hydrogens is 575 g/mol. The summed E-state index contributed by atoms with van der Waals surface area (Å²) in [6.45, 7) is 0. The Morgan fingerprint density at radius 2 is 1.14 bits per heavy atom. The van der Waals surface area contributed by atoms with E-state index in [1.165, 1.54) is 39.8 Å². The van der Waals surface area contributed by atoms with Crippen LogP contribution in [-0.4, -0.2) is 5.43 Å². The van der Waals surface area contributed by atoms with Crippen molar-refractivity contribution in [1.29, 1.82) is 0 Å². The van der Waals surface area contributed by atoms with Gasteiger partial charge in [-0.15, -0.1) is 0 Å². The third-order valence-electron chi connectivity index (χ3n) is 7.52. The molecule has 1 saturated heterocycles. The van der Waals surface area contributed by atoms with Gasteiger partial charge in [-0.1, -0.05) is 0 Å². The summed E-state index contributed by atoms with van der Waals surface area (Å²) in [5.74, 6) is 0. The van der Waals surface area contributed by atoms with Crippen LogP contribution in [0.3, 0.4) is 0 Å². The van der Waals surface area contributed by atoms with E-state index in [9.17, 15) is 0 Å². The fourth-order valence-electron chi connectivity index (χ4n) is 5.79. The average Bonchev–Trinajstić information content (AvgIpc) is 3.50. The molecule has 0 aromatic heterocycles. The third kappa shape index (κ3) is 4.59. The quantitative estimate of drug-likeness (QED) is 0.316. The summed E-state index contributed by atoms with van der Waals surface area (Å²) in [5, 5.41) is 0. The SMILES string of the molecule is C1=CC[C]([Zr+2]([CH]2c3cc(-c4ccccc4)ccc3-c3ccc(-c4ccccc4)cc32)=[Si]2CC2)=C1.[Cl-].[Cl-]. The van der Waals surface area contributed by atoms with Gasteiger partial charge in [-0.05, 0) is 0 Å². The second-order valence-corrected chi connectivity index (χ2v) is 25.3. The molecule has 176 valence electrons. The van der Waals surface area contributed by atoms with E-state index in [1.807, 2.05) is 3.28 Å². The number of fused-ring (bicyclic) bond motifs is 3. The minimum absolute atomic E-state index is 0. The predicted molar refractivity (Wildman–Crippen MR) is 142 cm³/mol. The Hall–Kier alpha value is -1.96. The fraction of sp³-hybridized carbons (Fsp3) is 0.125. The second kappa shape index (κ2) is 10.8. The normalized spacial score (nSPS) is 14.6. The molecule has 0 unspecified atom stereocenters. The van der Waals surface area contributed by atoms with Crippen LogP contribution in [0.5, 0.6) is 0 Å². The zero-order chi connectivity index (χ0) is 22.5. The molecule has 0 spiro atoms. The van der Waals surface area contributed by atoms with Gasteiger partial charge in [0.1, 0.15) is 0 Å². The van der Waals surface area contributed by atoms with Crippen molar-refractivity contribution >= 4 is 5.43 Å². The molecular formula is C32H26Cl2SiZr. The van der Waals surface area contributed by atoms with E-state index in [4.69, 9.17) is 0 Å². The molecule has 7 rings (SSSR count). The van der Waals surface area contributed by atoms with Gasteiger partial charge in [-0.25, -0.2) is 0 Å². The average molecular weight is 601 g/mol. The van der Waals surface area contributed by atoms with E-state index in [0.717, 1.165) is 0 Å².